The zero-order valence-corrected chi connectivity index (χ0v) is 11.2. The lowest BCUT2D eigenvalue weighted by molar-refractivity contribution is 0.128. The molecule has 3 rings (SSSR count). The molecule has 0 saturated carbocycles. The zero-order valence-electron chi connectivity index (χ0n) is 11.2. The van der Waals surface area contributed by atoms with Crippen molar-refractivity contribution >= 4 is 16.8 Å². The first kappa shape index (κ1) is 12.6. The number of furan rings is 1. The molecule has 5 nitrogen and oxygen atoms in total. The second-order valence-corrected chi connectivity index (χ2v) is 4.38. The Bertz CT molecular complexity index is 704. The van der Waals surface area contributed by atoms with Crippen LogP contribution in [0.5, 0.6) is 0 Å². The summed E-state index contributed by atoms with van der Waals surface area (Å²) in [6.45, 7) is 2.87. The van der Waals surface area contributed by atoms with Crippen LogP contribution in [0.15, 0.2) is 40.8 Å². The predicted molar refractivity (Wildman–Crippen MR) is 77.0 cm³/mol. The van der Waals surface area contributed by atoms with Gasteiger partial charge in [-0.1, -0.05) is 18.2 Å². The summed E-state index contributed by atoms with van der Waals surface area (Å²) in [5.74, 6) is 1.64. The molecule has 102 valence electrons. The zero-order chi connectivity index (χ0) is 13.9. The van der Waals surface area contributed by atoms with Crippen LogP contribution < -0.4 is 5.73 Å². The minimum absolute atomic E-state index is 0.342. The van der Waals surface area contributed by atoms with E-state index >= 15 is 0 Å². The molecule has 0 bridgehead atoms. The smallest absolute Gasteiger partial charge is 0.157 e. The molecule has 2 N–H and O–H groups in total. The quantitative estimate of drug-likeness (QED) is 0.788. The van der Waals surface area contributed by atoms with Crippen molar-refractivity contribution in [1.82, 2.24) is 9.97 Å². The molecule has 0 radical (unpaired) electrons. The van der Waals surface area contributed by atoms with Crippen LogP contribution in [0.2, 0.25) is 0 Å². The van der Waals surface area contributed by atoms with E-state index < -0.39 is 0 Å². The Morgan fingerprint density at radius 1 is 1.20 bits per heavy atom. The molecule has 0 aliphatic heterocycles. The van der Waals surface area contributed by atoms with Crippen molar-refractivity contribution in [2.24, 2.45) is 0 Å². The predicted octanol–water partition coefficient (Wildman–Crippen LogP) is 3.01. The number of ether oxygens (including phenoxy) is 1. The number of nitrogens with two attached hydrogens (primary N) is 1. The van der Waals surface area contributed by atoms with E-state index in [1.807, 2.05) is 37.3 Å². The second-order valence-electron chi connectivity index (χ2n) is 4.38. The third kappa shape index (κ3) is 2.48. The maximum absolute atomic E-state index is 5.81. The molecule has 0 spiro atoms. The van der Waals surface area contributed by atoms with E-state index in [-0.39, 0.29) is 0 Å². The van der Waals surface area contributed by atoms with Crippen molar-refractivity contribution in [3.05, 3.63) is 42.2 Å². The second kappa shape index (κ2) is 5.30. The van der Waals surface area contributed by atoms with Gasteiger partial charge in [-0.25, -0.2) is 9.97 Å². The summed E-state index contributed by atoms with van der Waals surface area (Å²) >= 11 is 0. The van der Waals surface area contributed by atoms with Crippen LogP contribution in [-0.2, 0) is 11.3 Å². The summed E-state index contributed by atoms with van der Waals surface area (Å²) < 4.78 is 11.1. The van der Waals surface area contributed by atoms with Gasteiger partial charge in [0.1, 0.15) is 23.7 Å². The van der Waals surface area contributed by atoms with Gasteiger partial charge < -0.3 is 14.9 Å². The van der Waals surface area contributed by atoms with Gasteiger partial charge in [-0.05, 0) is 19.1 Å². The lowest BCUT2D eigenvalue weighted by atomic mass is 10.2. The van der Waals surface area contributed by atoms with Crippen molar-refractivity contribution < 1.29 is 9.15 Å². The highest BCUT2D eigenvalue weighted by Crippen LogP contribution is 2.27. The average molecular weight is 269 g/mol. The lowest BCUT2D eigenvalue weighted by Crippen LogP contribution is -2.03. The molecule has 0 atom stereocenters. The standard InChI is InChI=1S/C15H15N3O2/c1-2-19-9-15-17-11(8-14(16)18-15)13-7-10-5-3-4-6-12(10)20-13/h3-8H,2,9H2,1H3,(H2,16,17,18). The van der Waals surface area contributed by atoms with E-state index in [4.69, 9.17) is 14.9 Å². The first-order valence-electron chi connectivity index (χ1n) is 6.46. The molecule has 0 aliphatic carbocycles. The summed E-state index contributed by atoms with van der Waals surface area (Å²) in [6.07, 6.45) is 0. The monoisotopic (exact) mass is 269 g/mol. The van der Waals surface area contributed by atoms with E-state index in [2.05, 4.69) is 9.97 Å². The maximum Gasteiger partial charge on any atom is 0.157 e. The van der Waals surface area contributed by atoms with Crippen LogP contribution in [0.4, 0.5) is 5.82 Å². The molecule has 0 amide bonds. The summed E-state index contributed by atoms with van der Waals surface area (Å²) in [6, 6.07) is 11.5. The van der Waals surface area contributed by atoms with Crippen molar-refractivity contribution in [1.29, 1.82) is 0 Å². The molecular weight excluding hydrogens is 254 g/mol. The number of fused-ring (bicyclic) bond motifs is 1. The molecule has 1 aromatic carbocycles. The number of para-hydroxylation sites is 1. The van der Waals surface area contributed by atoms with Gasteiger partial charge in [0, 0.05) is 18.1 Å². The van der Waals surface area contributed by atoms with Gasteiger partial charge in [-0.15, -0.1) is 0 Å². The first-order valence-corrected chi connectivity index (χ1v) is 6.46. The highest BCUT2D eigenvalue weighted by molar-refractivity contribution is 5.82. The fourth-order valence-corrected chi connectivity index (χ4v) is 2.01. The molecule has 5 heteroatoms. The van der Waals surface area contributed by atoms with Crippen molar-refractivity contribution in [2.75, 3.05) is 12.3 Å². The van der Waals surface area contributed by atoms with Crippen molar-refractivity contribution in [2.45, 2.75) is 13.5 Å². The van der Waals surface area contributed by atoms with Crippen LogP contribution in [0.3, 0.4) is 0 Å². The van der Waals surface area contributed by atoms with Crippen LogP contribution >= 0.6 is 0 Å². The Morgan fingerprint density at radius 3 is 2.85 bits per heavy atom. The highest BCUT2D eigenvalue weighted by Gasteiger charge is 2.10. The van der Waals surface area contributed by atoms with E-state index in [0.29, 0.717) is 36.3 Å². The fraction of sp³-hybridized carbons (Fsp3) is 0.200. The van der Waals surface area contributed by atoms with Crippen molar-refractivity contribution in [3.63, 3.8) is 0 Å². The third-order valence-electron chi connectivity index (χ3n) is 2.91. The number of nitrogens with zero attached hydrogens (tertiary/aromatic N) is 2. The van der Waals surface area contributed by atoms with Gasteiger partial charge in [0.25, 0.3) is 0 Å². The van der Waals surface area contributed by atoms with E-state index in [1.54, 1.807) is 6.07 Å². The Hall–Kier alpha value is -2.40. The van der Waals surface area contributed by atoms with E-state index in [0.717, 1.165) is 11.0 Å². The van der Waals surface area contributed by atoms with Crippen LogP contribution in [-0.4, -0.2) is 16.6 Å². The largest absolute Gasteiger partial charge is 0.454 e. The first-order chi connectivity index (χ1) is 9.76. The summed E-state index contributed by atoms with van der Waals surface area (Å²) in [7, 11) is 0. The molecule has 0 unspecified atom stereocenters. The highest BCUT2D eigenvalue weighted by atomic mass is 16.5. The average Bonchev–Trinajstić information content (AvgIpc) is 2.88. The van der Waals surface area contributed by atoms with Crippen LogP contribution in [0.25, 0.3) is 22.4 Å². The van der Waals surface area contributed by atoms with Gasteiger partial charge >= 0.3 is 0 Å². The number of benzene rings is 1. The lowest BCUT2D eigenvalue weighted by Gasteiger charge is -2.04. The minimum Gasteiger partial charge on any atom is -0.454 e. The van der Waals surface area contributed by atoms with E-state index in [9.17, 15) is 0 Å². The molecular formula is C15H15N3O2. The summed E-state index contributed by atoms with van der Waals surface area (Å²) in [5, 5.41) is 1.03. The topological polar surface area (TPSA) is 74.2 Å². The van der Waals surface area contributed by atoms with Crippen LogP contribution in [0, 0.1) is 0 Å². The van der Waals surface area contributed by atoms with Gasteiger partial charge in [-0.2, -0.15) is 0 Å². The molecule has 20 heavy (non-hydrogen) atoms. The minimum atomic E-state index is 0.342. The van der Waals surface area contributed by atoms with Gasteiger partial charge in [-0.3, -0.25) is 0 Å². The molecule has 0 saturated heterocycles. The number of hydrogen-bond donors (Lipinski definition) is 1. The molecule has 0 aliphatic rings. The molecule has 2 heterocycles. The Kier molecular flexibility index (Phi) is 3.35. The normalized spacial score (nSPS) is 11.1. The third-order valence-corrected chi connectivity index (χ3v) is 2.91. The Balaban J connectivity index is 2.01. The van der Waals surface area contributed by atoms with Crippen molar-refractivity contribution in [3.8, 4) is 11.5 Å². The number of aromatic nitrogens is 2. The Labute approximate surface area is 116 Å². The number of anilines is 1. The van der Waals surface area contributed by atoms with Gasteiger partial charge in [0.15, 0.2) is 11.6 Å². The molecule has 0 fully saturated rings. The SMILES string of the molecule is CCOCc1nc(N)cc(-c2cc3ccccc3o2)n1. The number of rotatable bonds is 4. The van der Waals surface area contributed by atoms with Crippen LogP contribution in [0.1, 0.15) is 12.7 Å². The van der Waals surface area contributed by atoms with E-state index in [1.165, 1.54) is 0 Å². The number of nitrogen functional groups attached to an aromatic ring is 1. The fourth-order valence-electron chi connectivity index (χ4n) is 2.01. The summed E-state index contributed by atoms with van der Waals surface area (Å²) in [5.41, 5.74) is 7.31. The van der Waals surface area contributed by atoms with Gasteiger partial charge in [0.2, 0.25) is 0 Å². The number of hydrogen-bond acceptors (Lipinski definition) is 5. The molecule has 2 aromatic heterocycles. The Morgan fingerprint density at radius 2 is 2.05 bits per heavy atom. The summed E-state index contributed by atoms with van der Waals surface area (Å²) in [4.78, 5) is 8.58. The maximum atomic E-state index is 5.81. The molecule has 3 aromatic rings. The van der Waals surface area contributed by atoms with Gasteiger partial charge in [0.05, 0.1) is 0 Å².